The molecular formula is C16H20N4O4S2. The Morgan fingerprint density at radius 1 is 1.27 bits per heavy atom. The van der Waals surface area contributed by atoms with Crippen LogP contribution in [0.5, 0.6) is 5.75 Å². The van der Waals surface area contributed by atoms with Gasteiger partial charge in [-0.05, 0) is 18.2 Å². The summed E-state index contributed by atoms with van der Waals surface area (Å²) in [4.78, 5) is 17.7. The molecule has 0 atom stereocenters. The number of piperazine rings is 1. The van der Waals surface area contributed by atoms with Crippen molar-refractivity contribution in [2.24, 2.45) is 0 Å². The number of benzene rings is 1. The fourth-order valence-electron chi connectivity index (χ4n) is 2.79. The van der Waals surface area contributed by atoms with E-state index in [0.29, 0.717) is 31.9 Å². The summed E-state index contributed by atoms with van der Waals surface area (Å²) in [6.45, 7) is 3.22. The predicted octanol–water partition coefficient (Wildman–Crippen LogP) is 1.62. The molecule has 10 heteroatoms. The van der Waals surface area contributed by atoms with E-state index >= 15 is 0 Å². The highest BCUT2D eigenvalue weighted by molar-refractivity contribution is 7.89. The number of methoxy groups -OCH3 is 1. The van der Waals surface area contributed by atoms with Crippen LogP contribution in [0.1, 0.15) is 6.92 Å². The van der Waals surface area contributed by atoms with Gasteiger partial charge >= 0.3 is 0 Å². The van der Waals surface area contributed by atoms with Crippen molar-refractivity contribution >= 4 is 38.1 Å². The van der Waals surface area contributed by atoms with Gasteiger partial charge in [0.1, 0.15) is 10.6 Å². The lowest BCUT2D eigenvalue weighted by molar-refractivity contribution is -0.114. The van der Waals surface area contributed by atoms with Crippen LogP contribution >= 0.6 is 11.3 Å². The van der Waals surface area contributed by atoms with E-state index < -0.39 is 10.0 Å². The van der Waals surface area contributed by atoms with Crippen LogP contribution in [0.15, 0.2) is 34.7 Å². The van der Waals surface area contributed by atoms with E-state index in [1.54, 1.807) is 18.3 Å². The van der Waals surface area contributed by atoms with Crippen LogP contribution in [0.2, 0.25) is 0 Å². The third-order valence-corrected chi connectivity index (χ3v) is 6.78. The zero-order valence-electron chi connectivity index (χ0n) is 14.5. The van der Waals surface area contributed by atoms with Crippen molar-refractivity contribution in [3.8, 4) is 5.75 Å². The molecule has 1 N–H and O–H groups in total. The minimum Gasteiger partial charge on any atom is -0.495 e. The zero-order valence-corrected chi connectivity index (χ0v) is 16.1. The molecule has 1 aliphatic rings. The molecule has 1 amide bonds. The zero-order chi connectivity index (χ0) is 18.7. The van der Waals surface area contributed by atoms with Crippen LogP contribution in [0.25, 0.3) is 0 Å². The normalized spacial score (nSPS) is 15.7. The number of aromatic nitrogens is 1. The predicted molar refractivity (Wildman–Crippen MR) is 100 cm³/mol. The Morgan fingerprint density at radius 2 is 2.00 bits per heavy atom. The van der Waals surface area contributed by atoms with Crippen LogP contribution in [0.3, 0.4) is 0 Å². The summed E-state index contributed by atoms with van der Waals surface area (Å²) in [6, 6.07) is 4.59. The Labute approximate surface area is 156 Å². The van der Waals surface area contributed by atoms with Gasteiger partial charge in [0.25, 0.3) is 0 Å². The largest absolute Gasteiger partial charge is 0.495 e. The Kier molecular flexibility index (Phi) is 5.44. The van der Waals surface area contributed by atoms with Crippen LogP contribution in [-0.4, -0.2) is 56.9 Å². The Bertz CT molecular complexity index is 876. The van der Waals surface area contributed by atoms with Crippen molar-refractivity contribution in [2.75, 3.05) is 43.5 Å². The third kappa shape index (κ3) is 3.81. The van der Waals surface area contributed by atoms with E-state index in [2.05, 4.69) is 15.2 Å². The van der Waals surface area contributed by atoms with Gasteiger partial charge in [-0.15, -0.1) is 11.3 Å². The minimum absolute atomic E-state index is 0.0500. The smallest absolute Gasteiger partial charge is 0.246 e. The molecule has 0 bridgehead atoms. The van der Waals surface area contributed by atoms with Gasteiger partial charge in [-0.25, -0.2) is 13.4 Å². The number of thiazole rings is 1. The first-order chi connectivity index (χ1) is 12.4. The average Bonchev–Trinajstić information content (AvgIpc) is 3.16. The molecule has 0 unspecified atom stereocenters. The molecule has 2 heterocycles. The molecule has 26 heavy (non-hydrogen) atoms. The van der Waals surface area contributed by atoms with Crippen molar-refractivity contribution in [3.63, 3.8) is 0 Å². The van der Waals surface area contributed by atoms with Crippen LogP contribution in [0, 0.1) is 0 Å². The maximum absolute atomic E-state index is 13.1. The first-order valence-corrected chi connectivity index (χ1v) is 10.3. The number of sulfonamides is 1. The molecular weight excluding hydrogens is 376 g/mol. The SMILES string of the molecule is COc1ccc(NC(C)=O)cc1S(=O)(=O)N1CCN(c2nccs2)CC1. The molecule has 8 nitrogen and oxygen atoms in total. The molecule has 1 fully saturated rings. The fraction of sp³-hybridized carbons (Fsp3) is 0.375. The average molecular weight is 396 g/mol. The van der Waals surface area contributed by atoms with Crippen molar-refractivity contribution in [2.45, 2.75) is 11.8 Å². The number of anilines is 2. The van der Waals surface area contributed by atoms with Gasteiger partial charge in [-0.2, -0.15) is 4.31 Å². The van der Waals surface area contributed by atoms with Gasteiger partial charge in [-0.1, -0.05) is 0 Å². The lowest BCUT2D eigenvalue weighted by Gasteiger charge is -2.34. The molecule has 1 aromatic carbocycles. The summed E-state index contributed by atoms with van der Waals surface area (Å²) in [5.74, 6) is -0.0166. The van der Waals surface area contributed by atoms with Crippen LogP contribution in [-0.2, 0) is 14.8 Å². The highest BCUT2D eigenvalue weighted by Crippen LogP contribution is 2.31. The number of nitrogens with one attached hydrogen (secondary N) is 1. The molecule has 140 valence electrons. The van der Waals surface area contributed by atoms with Gasteiger partial charge in [0, 0.05) is 50.4 Å². The molecule has 1 saturated heterocycles. The van der Waals surface area contributed by atoms with Crippen molar-refractivity contribution in [1.29, 1.82) is 0 Å². The Morgan fingerprint density at radius 3 is 2.58 bits per heavy atom. The van der Waals surface area contributed by atoms with Crippen molar-refractivity contribution in [1.82, 2.24) is 9.29 Å². The molecule has 0 saturated carbocycles. The number of hydrogen-bond acceptors (Lipinski definition) is 7. The number of nitrogens with zero attached hydrogens (tertiary/aromatic N) is 3. The summed E-state index contributed by atoms with van der Waals surface area (Å²) in [5.41, 5.74) is 0.415. The summed E-state index contributed by atoms with van der Waals surface area (Å²) in [6.07, 6.45) is 1.74. The maximum Gasteiger partial charge on any atom is 0.246 e. The van der Waals surface area contributed by atoms with Crippen molar-refractivity contribution in [3.05, 3.63) is 29.8 Å². The molecule has 3 rings (SSSR count). The summed E-state index contributed by atoms with van der Waals surface area (Å²) >= 11 is 1.53. The van der Waals surface area contributed by atoms with Gasteiger partial charge in [0.15, 0.2) is 5.13 Å². The third-order valence-electron chi connectivity index (χ3n) is 4.03. The molecule has 1 aliphatic heterocycles. The maximum atomic E-state index is 13.1. The molecule has 0 aliphatic carbocycles. The van der Waals surface area contributed by atoms with E-state index in [9.17, 15) is 13.2 Å². The van der Waals surface area contributed by atoms with Gasteiger partial charge in [0.2, 0.25) is 15.9 Å². The van der Waals surface area contributed by atoms with Gasteiger partial charge < -0.3 is 15.0 Å². The monoisotopic (exact) mass is 396 g/mol. The standard InChI is InChI=1S/C16H20N4O4S2/c1-12(21)18-13-3-4-14(24-2)15(11-13)26(22,23)20-8-6-19(7-9-20)16-17-5-10-25-16/h3-5,10-11H,6-9H2,1-2H3,(H,18,21). The number of rotatable bonds is 5. The molecule has 2 aromatic rings. The van der Waals surface area contributed by atoms with Gasteiger partial charge in [0.05, 0.1) is 7.11 Å². The summed E-state index contributed by atoms with van der Waals surface area (Å²) < 4.78 is 32.9. The lowest BCUT2D eigenvalue weighted by Crippen LogP contribution is -2.48. The lowest BCUT2D eigenvalue weighted by atomic mass is 10.3. The summed E-state index contributed by atoms with van der Waals surface area (Å²) in [7, 11) is -2.32. The van der Waals surface area contributed by atoms with Crippen LogP contribution in [0.4, 0.5) is 10.8 Å². The van der Waals surface area contributed by atoms with E-state index in [1.807, 2.05) is 5.38 Å². The quantitative estimate of drug-likeness (QED) is 0.826. The van der Waals surface area contributed by atoms with E-state index in [-0.39, 0.29) is 16.6 Å². The first-order valence-electron chi connectivity index (χ1n) is 8.02. The highest BCUT2D eigenvalue weighted by atomic mass is 32.2. The topological polar surface area (TPSA) is 91.8 Å². The molecule has 1 aromatic heterocycles. The first kappa shape index (κ1) is 18.6. The number of amides is 1. The van der Waals surface area contributed by atoms with Crippen LogP contribution < -0.4 is 15.0 Å². The second-order valence-electron chi connectivity index (χ2n) is 5.75. The minimum atomic E-state index is -3.74. The van der Waals surface area contributed by atoms with E-state index in [0.717, 1.165) is 5.13 Å². The Balaban J connectivity index is 1.82. The van der Waals surface area contributed by atoms with Crippen molar-refractivity contribution < 1.29 is 17.9 Å². The Hall–Kier alpha value is -2.17. The number of hydrogen-bond donors (Lipinski definition) is 1. The fourth-order valence-corrected chi connectivity index (χ4v) is 5.09. The highest BCUT2D eigenvalue weighted by Gasteiger charge is 2.31. The molecule has 0 spiro atoms. The number of ether oxygens (including phenoxy) is 1. The van der Waals surface area contributed by atoms with E-state index in [1.165, 1.54) is 35.7 Å². The number of carbonyl (C=O) groups excluding carboxylic acids is 1. The number of carbonyl (C=O) groups is 1. The van der Waals surface area contributed by atoms with E-state index in [4.69, 9.17) is 4.74 Å². The second kappa shape index (κ2) is 7.60. The summed E-state index contributed by atoms with van der Waals surface area (Å²) in [5, 5.41) is 5.40. The van der Waals surface area contributed by atoms with Gasteiger partial charge in [-0.3, -0.25) is 4.79 Å². The second-order valence-corrected chi connectivity index (χ2v) is 8.53. The molecule has 0 radical (unpaired) electrons.